The van der Waals surface area contributed by atoms with Crippen molar-refractivity contribution in [3.63, 3.8) is 0 Å². The van der Waals surface area contributed by atoms with Gasteiger partial charge in [-0.3, -0.25) is 0 Å². The van der Waals surface area contributed by atoms with Crippen molar-refractivity contribution in [2.45, 2.75) is 0 Å². The minimum atomic E-state index is -0.554. The molecular weight excluding hydrogens is 208 g/mol. The molecule has 16 heavy (non-hydrogen) atoms. The Morgan fingerprint density at radius 1 is 1.62 bits per heavy atom. The Kier molecular flexibility index (Phi) is 4.94. The second kappa shape index (κ2) is 6.52. The van der Waals surface area contributed by atoms with E-state index in [9.17, 15) is 4.79 Å². The molecule has 0 aliphatic carbocycles. The molecule has 0 unspecified atom stereocenters. The van der Waals surface area contributed by atoms with Crippen LogP contribution in [0.25, 0.3) is 0 Å². The monoisotopic (exact) mass is 222 g/mol. The van der Waals surface area contributed by atoms with Gasteiger partial charge in [-0.15, -0.1) is 0 Å². The Balaban J connectivity index is 2.60. The van der Waals surface area contributed by atoms with E-state index in [1.165, 1.54) is 13.3 Å². The van der Waals surface area contributed by atoms with Gasteiger partial charge in [-0.05, 0) is 6.07 Å². The van der Waals surface area contributed by atoms with Crippen LogP contribution in [0.3, 0.4) is 0 Å². The van der Waals surface area contributed by atoms with Crippen LogP contribution in [0.4, 0.5) is 5.82 Å². The van der Waals surface area contributed by atoms with Crippen molar-refractivity contribution in [2.75, 3.05) is 25.5 Å². The number of hydrogen-bond acceptors (Lipinski definition) is 6. The second-order valence-corrected chi connectivity index (χ2v) is 2.85. The fraction of sp³-hybridized carbons (Fsp3) is 0.300. The summed E-state index contributed by atoms with van der Waals surface area (Å²) in [6.45, 7) is 1.09. The van der Waals surface area contributed by atoms with Gasteiger partial charge in [0.2, 0.25) is 5.82 Å². The van der Waals surface area contributed by atoms with Crippen LogP contribution in [0.1, 0.15) is 10.6 Å². The minimum Gasteiger partial charge on any atom is -0.463 e. The maximum Gasteiger partial charge on any atom is 0.376 e. The molecule has 1 rings (SSSR count). The summed E-state index contributed by atoms with van der Waals surface area (Å²) in [6, 6.07) is 1.67. The summed E-state index contributed by atoms with van der Waals surface area (Å²) in [5.41, 5.74) is 5.29. The van der Waals surface area contributed by atoms with Gasteiger partial charge in [0, 0.05) is 19.3 Å². The summed E-state index contributed by atoms with van der Waals surface area (Å²) >= 11 is 0. The fourth-order valence-corrected chi connectivity index (χ4v) is 0.990. The number of nitrogens with two attached hydrogens (primary N) is 1. The molecule has 0 aliphatic heterocycles. The maximum absolute atomic E-state index is 11.1. The van der Waals surface area contributed by atoms with Gasteiger partial charge >= 0.3 is 5.97 Å². The SMILES string of the molecule is COC(=O)c1nccc(NC/C=C/CN)n1. The van der Waals surface area contributed by atoms with Crippen molar-refractivity contribution in [2.24, 2.45) is 5.73 Å². The van der Waals surface area contributed by atoms with Crippen molar-refractivity contribution >= 4 is 11.8 Å². The summed E-state index contributed by atoms with van der Waals surface area (Å²) in [5, 5.41) is 3.00. The van der Waals surface area contributed by atoms with Crippen LogP contribution in [0.5, 0.6) is 0 Å². The average Bonchev–Trinajstić information content (AvgIpc) is 2.34. The molecule has 0 aromatic carbocycles. The first kappa shape index (κ1) is 12.1. The van der Waals surface area contributed by atoms with Gasteiger partial charge in [-0.1, -0.05) is 12.2 Å². The standard InChI is InChI=1S/C10H14N4O2/c1-16-10(15)9-13-7-4-8(14-9)12-6-3-2-5-11/h2-4,7H,5-6,11H2,1H3,(H,12,13,14)/b3-2+. The number of carbonyl (C=O) groups excluding carboxylic acids is 1. The smallest absolute Gasteiger partial charge is 0.376 e. The van der Waals surface area contributed by atoms with E-state index in [-0.39, 0.29) is 5.82 Å². The zero-order chi connectivity index (χ0) is 11.8. The first-order valence-corrected chi connectivity index (χ1v) is 4.78. The number of aromatic nitrogens is 2. The highest BCUT2D eigenvalue weighted by Gasteiger charge is 2.08. The Morgan fingerprint density at radius 3 is 3.12 bits per heavy atom. The molecule has 0 aliphatic rings. The molecule has 0 fully saturated rings. The summed E-state index contributed by atoms with van der Waals surface area (Å²) in [7, 11) is 1.29. The first-order chi connectivity index (χ1) is 7.77. The van der Waals surface area contributed by atoms with Gasteiger partial charge < -0.3 is 15.8 Å². The van der Waals surface area contributed by atoms with Gasteiger partial charge in [0.05, 0.1) is 7.11 Å². The number of nitrogens with zero attached hydrogens (tertiary/aromatic N) is 2. The number of carbonyl (C=O) groups is 1. The summed E-state index contributed by atoms with van der Waals surface area (Å²) in [6.07, 6.45) is 5.20. The van der Waals surface area contributed by atoms with Crippen molar-refractivity contribution in [1.29, 1.82) is 0 Å². The van der Waals surface area contributed by atoms with Crippen molar-refractivity contribution < 1.29 is 9.53 Å². The van der Waals surface area contributed by atoms with Crippen molar-refractivity contribution in [3.8, 4) is 0 Å². The lowest BCUT2D eigenvalue weighted by molar-refractivity contribution is 0.0587. The molecule has 1 aromatic heterocycles. The van der Waals surface area contributed by atoms with Crippen LogP contribution in [-0.2, 0) is 4.74 Å². The van der Waals surface area contributed by atoms with Crippen molar-refractivity contribution in [1.82, 2.24) is 9.97 Å². The zero-order valence-corrected chi connectivity index (χ0v) is 9.01. The topological polar surface area (TPSA) is 90.1 Å². The molecule has 1 heterocycles. The third-order valence-electron chi connectivity index (χ3n) is 1.73. The largest absolute Gasteiger partial charge is 0.463 e. The molecule has 0 saturated carbocycles. The van der Waals surface area contributed by atoms with E-state index in [1.54, 1.807) is 6.07 Å². The molecule has 0 bridgehead atoms. The Morgan fingerprint density at radius 2 is 2.44 bits per heavy atom. The highest BCUT2D eigenvalue weighted by Crippen LogP contribution is 2.02. The van der Waals surface area contributed by atoms with E-state index in [0.29, 0.717) is 18.9 Å². The summed E-state index contributed by atoms with van der Waals surface area (Å²) < 4.78 is 4.51. The van der Waals surface area contributed by atoms with Crippen LogP contribution in [0.15, 0.2) is 24.4 Å². The Bertz CT molecular complexity index is 379. The van der Waals surface area contributed by atoms with Crippen LogP contribution in [0.2, 0.25) is 0 Å². The molecular formula is C10H14N4O2. The number of esters is 1. The quantitative estimate of drug-likeness (QED) is 0.546. The van der Waals surface area contributed by atoms with Gasteiger partial charge in [0.15, 0.2) is 0 Å². The van der Waals surface area contributed by atoms with Gasteiger partial charge in [0.1, 0.15) is 5.82 Å². The van der Waals surface area contributed by atoms with Gasteiger partial charge in [0.25, 0.3) is 0 Å². The highest BCUT2D eigenvalue weighted by molar-refractivity contribution is 5.85. The zero-order valence-electron chi connectivity index (χ0n) is 9.01. The molecule has 6 nitrogen and oxygen atoms in total. The van der Waals surface area contributed by atoms with Crippen LogP contribution >= 0.6 is 0 Å². The average molecular weight is 222 g/mol. The number of rotatable bonds is 5. The molecule has 6 heteroatoms. The molecule has 0 atom stereocenters. The normalized spacial score (nSPS) is 10.4. The Labute approximate surface area is 93.5 Å². The summed E-state index contributed by atoms with van der Waals surface area (Å²) in [5.74, 6) is 0.0496. The lowest BCUT2D eigenvalue weighted by Gasteiger charge is -2.03. The highest BCUT2D eigenvalue weighted by atomic mass is 16.5. The third-order valence-corrected chi connectivity index (χ3v) is 1.73. The van der Waals surface area contributed by atoms with E-state index in [1.807, 2.05) is 12.2 Å². The number of ether oxygens (including phenoxy) is 1. The van der Waals surface area contributed by atoms with Crippen molar-refractivity contribution in [3.05, 3.63) is 30.2 Å². The first-order valence-electron chi connectivity index (χ1n) is 4.78. The molecule has 1 aromatic rings. The molecule has 0 spiro atoms. The van der Waals surface area contributed by atoms with E-state index in [0.717, 1.165) is 0 Å². The van der Waals surface area contributed by atoms with Gasteiger partial charge in [-0.2, -0.15) is 0 Å². The third kappa shape index (κ3) is 3.66. The lowest BCUT2D eigenvalue weighted by atomic mass is 10.4. The number of methoxy groups -OCH3 is 1. The molecule has 3 N–H and O–H groups in total. The summed E-state index contributed by atoms with van der Waals surface area (Å²) in [4.78, 5) is 18.9. The van der Waals surface area contributed by atoms with Crippen LogP contribution in [-0.4, -0.2) is 36.1 Å². The van der Waals surface area contributed by atoms with E-state index in [4.69, 9.17) is 5.73 Å². The predicted octanol–water partition coefficient (Wildman–Crippen LogP) is 0.190. The predicted molar refractivity (Wildman–Crippen MR) is 60.1 cm³/mol. The molecule has 0 amide bonds. The van der Waals surface area contributed by atoms with Crippen LogP contribution < -0.4 is 11.1 Å². The van der Waals surface area contributed by atoms with E-state index >= 15 is 0 Å². The Hall–Kier alpha value is -1.95. The van der Waals surface area contributed by atoms with E-state index in [2.05, 4.69) is 20.0 Å². The van der Waals surface area contributed by atoms with E-state index < -0.39 is 5.97 Å². The van der Waals surface area contributed by atoms with Crippen LogP contribution in [0, 0.1) is 0 Å². The number of anilines is 1. The molecule has 0 radical (unpaired) electrons. The number of nitrogens with one attached hydrogen (secondary N) is 1. The molecule has 86 valence electrons. The second-order valence-electron chi connectivity index (χ2n) is 2.85. The molecule has 0 saturated heterocycles. The minimum absolute atomic E-state index is 0.0373. The van der Waals surface area contributed by atoms with Gasteiger partial charge in [-0.25, -0.2) is 14.8 Å². The lowest BCUT2D eigenvalue weighted by Crippen LogP contribution is -2.10. The fourth-order valence-electron chi connectivity index (χ4n) is 0.990. The number of hydrogen-bond donors (Lipinski definition) is 2. The maximum atomic E-state index is 11.1.